The zero-order valence-corrected chi connectivity index (χ0v) is 36.2. The maximum Gasteiger partial charge on any atom is 0.325 e. The van der Waals surface area contributed by atoms with Gasteiger partial charge in [-0.15, -0.1) is 0 Å². The van der Waals surface area contributed by atoms with Crippen LogP contribution in [-0.4, -0.2) is 200 Å². The van der Waals surface area contributed by atoms with Crippen molar-refractivity contribution < 1.29 is 89.6 Å². The Bertz CT molecular complexity index is 1370. The van der Waals surface area contributed by atoms with Crippen molar-refractivity contribution >= 4 is 19.6 Å². The van der Waals surface area contributed by atoms with Crippen molar-refractivity contribution in [3.8, 4) is 0 Å². The lowest BCUT2D eigenvalue weighted by Gasteiger charge is -2.42. The third kappa shape index (κ3) is 18.7. The summed E-state index contributed by atoms with van der Waals surface area (Å²) in [4.78, 5) is 42.7. The molecule has 4 rings (SSSR count). The van der Waals surface area contributed by atoms with E-state index in [1.165, 1.54) is 0 Å². The molecule has 2 saturated carbocycles. The molecule has 63 heavy (non-hydrogen) atoms. The van der Waals surface area contributed by atoms with E-state index in [1.807, 2.05) is 5.01 Å². The normalized spacial score (nSPS) is 34.2. The Morgan fingerprint density at radius 1 is 0.730 bits per heavy atom. The average Bonchev–Trinajstić information content (AvgIpc) is 3.71. The highest BCUT2D eigenvalue weighted by molar-refractivity contribution is 7.51. The van der Waals surface area contributed by atoms with Gasteiger partial charge in [-0.2, -0.15) is 5.53 Å². The monoisotopic (exact) mass is 943 g/mol. The molecule has 9 N–H and O–H groups in total. The highest BCUT2D eigenvalue weighted by Crippen LogP contribution is 2.39. The van der Waals surface area contributed by atoms with Gasteiger partial charge < -0.3 is 64.2 Å². The quantitative estimate of drug-likeness (QED) is 0.0236. The van der Waals surface area contributed by atoms with E-state index >= 15 is 0 Å². The lowest BCUT2D eigenvalue weighted by molar-refractivity contribution is -0.226. The largest absolute Gasteiger partial charge is 0.456 e. The SMILES string of the molecule is O=C(NCCCCC1CN(CCOCCOCCOCCOCCC(=O)OC2C(F)C(F)C(F)C(F)C2F)NN1)NC1CCC(C[C@H]2O[C@H](CCP(=O)(O)O)[C@@H](O)[C@H](O)[C@@H]2O)CC1. The van der Waals surface area contributed by atoms with E-state index in [0.717, 1.165) is 51.5 Å². The molecule has 2 amide bonds. The van der Waals surface area contributed by atoms with Crippen LogP contribution in [0.15, 0.2) is 0 Å². The van der Waals surface area contributed by atoms with E-state index in [2.05, 4.69) is 26.3 Å². The number of hydrazine groups is 2. The molecule has 2 aliphatic heterocycles. The number of urea groups is 1. The summed E-state index contributed by atoms with van der Waals surface area (Å²) in [6.07, 6.45) is -17.9. The molecule has 25 heteroatoms. The van der Waals surface area contributed by atoms with Crippen LogP contribution in [-0.2, 0) is 37.8 Å². The number of hydrogen-bond donors (Lipinski definition) is 9. The Labute approximate surface area is 363 Å². The van der Waals surface area contributed by atoms with Gasteiger partial charge in [-0.25, -0.2) is 37.2 Å². The predicted octanol–water partition coefficient (Wildman–Crippen LogP) is 0.589. The number of hydrogen-bond acceptors (Lipinski definition) is 15. The van der Waals surface area contributed by atoms with Gasteiger partial charge in [0, 0.05) is 31.7 Å². The van der Waals surface area contributed by atoms with Gasteiger partial charge in [0.15, 0.2) is 37.0 Å². The van der Waals surface area contributed by atoms with Gasteiger partial charge >= 0.3 is 19.6 Å². The topological polar surface area (TPSA) is 259 Å². The number of amides is 2. The molecular weight excluding hydrogens is 876 g/mol. The molecule has 4 fully saturated rings. The molecule has 2 heterocycles. The molecule has 5 unspecified atom stereocenters. The zero-order chi connectivity index (χ0) is 45.9. The number of unbranched alkanes of at least 4 members (excludes halogenated alkanes) is 1. The van der Waals surface area contributed by atoms with Gasteiger partial charge in [0.05, 0.1) is 77.6 Å². The summed E-state index contributed by atoms with van der Waals surface area (Å²) >= 11 is 0. The minimum Gasteiger partial charge on any atom is -0.456 e. The Morgan fingerprint density at radius 3 is 1.92 bits per heavy atom. The van der Waals surface area contributed by atoms with Crippen LogP contribution >= 0.6 is 7.60 Å². The van der Waals surface area contributed by atoms with Crippen molar-refractivity contribution in [1.82, 2.24) is 26.6 Å². The second-order valence-corrected chi connectivity index (χ2v) is 18.3. The number of rotatable bonds is 27. The summed E-state index contributed by atoms with van der Waals surface area (Å²) < 4.78 is 111. The first-order valence-electron chi connectivity index (χ1n) is 21.8. The van der Waals surface area contributed by atoms with Crippen LogP contribution in [0.2, 0.25) is 0 Å². The Kier molecular flexibility index (Phi) is 23.6. The molecular formula is C38H67F5N5O14P. The van der Waals surface area contributed by atoms with E-state index < -0.39 is 93.6 Å². The van der Waals surface area contributed by atoms with Crippen molar-refractivity contribution in [3.63, 3.8) is 0 Å². The number of aliphatic hydroxyl groups is 3. The van der Waals surface area contributed by atoms with Gasteiger partial charge in [0.25, 0.3) is 0 Å². The maximum absolute atomic E-state index is 13.8. The number of ether oxygens (including phenoxy) is 6. The van der Waals surface area contributed by atoms with Gasteiger partial charge in [0.2, 0.25) is 0 Å². The van der Waals surface area contributed by atoms with E-state index in [9.17, 15) is 61.2 Å². The molecule has 0 bridgehead atoms. The van der Waals surface area contributed by atoms with E-state index in [4.69, 9.17) is 23.7 Å². The maximum atomic E-state index is 13.8. The third-order valence-corrected chi connectivity index (χ3v) is 12.4. The smallest absolute Gasteiger partial charge is 0.325 e. The number of aliphatic hydroxyl groups excluding tert-OH is 3. The first-order chi connectivity index (χ1) is 30.0. The van der Waals surface area contributed by atoms with Crippen LogP contribution in [0.4, 0.5) is 26.7 Å². The fourth-order valence-corrected chi connectivity index (χ4v) is 8.52. The Morgan fingerprint density at radius 2 is 1.30 bits per heavy atom. The molecule has 10 atom stereocenters. The summed E-state index contributed by atoms with van der Waals surface area (Å²) in [5, 5.41) is 39.0. The molecule has 0 aromatic carbocycles. The molecule has 0 aromatic heterocycles. The highest BCUT2D eigenvalue weighted by Gasteiger charge is 2.55. The number of esters is 1. The first-order valence-corrected chi connectivity index (χ1v) is 23.6. The molecule has 0 spiro atoms. The minimum absolute atomic E-state index is 0.000513. The van der Waals surface area contributed by atoms with Crippen LogP contribution in [0.1, 0.15) is 64.2 Å². The molecule has 4 aliphatic rings. The molecule has 19 nitrogen and oxygen atoms in total. The number of halogens is 5. The van der Waals surface area contributed by atoms with Crippen LogP contribution < -0.4 is 21.6 Å². The lowest BCUT2D eigenvalue weighted by atomic mass is 9.80. The van der Waals surface area contributed by atoms with Crippen molar-refractivity contribution in [2.45, 2.75) is 144 Å². The first kappa shape index (κ1) is 53.7. The number of nitrogens with one attached hydrogen (secondary N) is 4. The zero-order valence-electron chi connectivity index (χ0n) is 35.3. The fourth-order valence-electron chi connectivity index (χ4n) is 7.93. The van der Waals surface area contributed by atoms with Crippen molar-refractivity contribution in [2.24, 2.45) is 5.92 Å². The van der Waals surface area contributed by atoms with Crippen molar-refractivity contribution in [3.05, 3.63) is 0 Å². The van der Waals surface area contributed by atoms with Crippen LogP contribution in [0.25, 0.3) is 0 Å². The van der Waals surface area contributed by atoms with Crippen LogP contribution in [0, 0.1) is 5.92 Å². The average molecular weight is 944 g/mol. The van der Waals surface area contributed by atoms with Crippen LogP contribution in [0.5, 0.6) is 0 Å². The van der Waals surface area contributed by atoms with Gasteiger partial charge in [-0.05, 0) is 57.3 Å². The molecule has 368 valence electrons. The summed E-state index contributed by atoms with van der Waals surface area (Å²) in [6.45, 7) is 3.86. The second kappa shape index (κ2) is 27.7. The molecule has 0 aromatic rings. The molecule has 2 saturated heterocycles. The van der Waals surface area contributed by atoms with Gasteiger partial charge in [0.1, 0.15) is 18.3 Å². The third-order valence-electron chi connectivity index (χ3n) is 11.6. The summed E-state index contributed by atoms with van der Waals surface area (Å²) in [5.41, 5.74) is 6.39. The summed E-state index contributed by atoms with van der Waals surface area (Å²) in [5.74, 6) is -0.976. The standard InChI is InChI=1S/C38H67F5N5O14P/c39-29-30(40)32(42)37(33(43)31(29)41)62-28(49)8-12-57-14-16-59-18-19-60-17-15-58-13-11-48-22-25(46-47-48)3-1-2-10-44-38(53)45-24-6-4-23(5-7-24)21-27-35(51)36(52)34(50)26(61-27)9-20-63(54,55)56/h23-27,29-37,46-47,50-52H,1-22H2,(H2,44,45,53)(H2,54,55,56)/t23?,24?,25?,26-,27-,29?,30?,31?,32?,33?,34-,35-,36+,37?/m1/s1. The Hall–Kier alpha value is -1.90. The van der Waals surface area contributed by atoms with Gasteiger partial charge in [-0.3, -0.25) is 9.36 Å². The number of carbonyl (C=O) groups excluding carboxylic acids is 2. The van der Waals surface area contributed by atoms with Crippen molar-refractivity contribution in [2.75, 3.05) is 78.7 Å². The summed E-state index contributed by atoms with van der Waals surface area (Å²) in [6, 6.07) is 0.0178. The number of nitrogens with zero attached hydrogens (tertiary/aromatic N) is 1. The van der Waals surface area contributed by atoms with Crippen molar-refractivity contribution in [1.29, 1.82) is 0 Å². The lowest BCUT2D eigenvalue weighted by Crippen LogP contribution is -2.58. The van der Waals surface area contributed by atoms with Crippen LogP contribution in [0.3, 0.4) is 0 Å². The number of carbonyl (C=O) groups is 2. The highest BCUT2D eigenvalue weighted by atomic mass is 31.2. The fraction of sp³-hybridized carbons (Fsp3) is 0.947. The van der Waals surface area contributed by atoms with Gasteiger partial charge in [-0.1, -0.05) is 6.42 Å². The predicted molar refractivity (Wildman–Crippen MR) is 213 cm³/mol. The summed E-state index contributed by atoms with van der Waals surface area (Å²) in [7, 11) is -4.32. The minimum atomic E-state index is -4.32. The Balaban J connectivity index is 0.899. The number of alkyl halides is 5. The molecule has 2 aliphatic carbocycles. The van der Waals surface area contributed by atoms with E-state index in [-0.39, 0.29) is 56.9 Å². The van der Waals surface area contributed by atoms with E-state index in [0.29, 0.717) is 45.9 Å². The van der Waals surface area contributed by atoms with E-state index in [1.54, 1.807) is 0 Å². The molecule has 0 radical (unpaired) electrons. The second-order valence-electron chi connectivity index (χ2n) is 16.5.